The summed E-state index contributed by atoms with van der Waals surface area (Å²) in [5.41, 5.74) is 0. The Morgan fingerprint density at radius 3 is 2.50 bits per heavy atom. The normalized spacial score (nSPS) is 19.0. The van der Waals surface area contributed by atoms with Gasteiger partial charge in [-0.2, -0.15) is 4.31 Å². The van der Waals surface area contributed by atoms with Gasteiger partial charge in [0.25, 0.3) is 0 Å². The van der Waals surface area contributed by atoms with Gasteiger partial charge in [-0.1, -0.05) is 12.1 Å². The molecule has 124 valence electrons. The lowest BCUT2D eigenvalue weighted by Gasteiger charge is -2.34. The van der Waals surface area contributed by atoms with Crippen LogP contribution < -0.4 is 4.74 Å². The predicted molar refractivity (Wildman–Crippen MR) is 80.8 cm³/mol. The molecule has 1 fully saturated rings. The molecule has 0 spiro atoms. The molecule has 0 aliphatic carbocycles. The second-order valence-corrected chi connectivity index (χ2v) is 7.34. The number of halogens is 1. The Morgan fingerprint density at radius 2 is 1.91 bits per heavy atom. The van der Waals surface area contributed by atoms with Crippen molar-refractivity contribution in [1.82, 2.24) is 9.21 Å². The molecule has 22 heavy (non-hydrogen) atoms. The number of aliphatic hydroxyl groups is 1. The van der Waals surface area contributed by atoms with Gasteiger partial charge < -0.3 is 9.84 Å². The number of benzene rings is 1. The number of para-hydroxylation sites is 1. The summed E-state index contributed by atoms with van der Waals surface area (Å²) in [4.78, 5) is 1.97. The maximum Gasteiger partial charge on any atom is 0.211 e. The fourth-order valence-electron chi connectivity index (χ4n) is 2.34. The molecule has 1 heterocycles. The standard InChI is InChI=1S/C14H21FN2O4S/c1-22(19,20)17-8-6-16(7-9-17)10-12(18)11-21-14-5-3-2-4-13(14)15/h2-5,12,18H,6-11H2,1H3. The zero-order chi connectivity index (χ0) is 16.2. The first-order chi connectivity index (χ1) is 10.4. The summed E-state index contributed by atoms with van der Waals surface area (Å²) in [6, 6.07) is 6.04. The summed E-state index contributed by atoms with van der Waals surface area (Å²) in [7, 11) is -3.15. The summed E-state index contributed by atoms with van der Waals surface area (Å²) in [5.74, 6) is -0.347. The zero-order valence-corrected chi connectivity index (χ0v) is 13.3. The zero-order valence-electron chi connectivity index (χ0n) is 12.5. The maximum atomic E-state index is 13.4. The van der Waals surface area contributed by atoms with Crippen molar-refractivity contribution >= 4 is 10.0 Å². The van der Waals surface area contributed by atoms with Gasteiger partial charge in [-0.15, -0.1) is 0 Å². The fraction of sp³-hybridized carbons (Fsp3) is 0.571. The average molecular weight is 332 g/mol. The van der Waals surface area contributed by atoms with E-state index in [1.165, 1.54) is 22.7 Å². The van der Waals surface area contributed by atoms with Gasteiger partial charge in [-0.05, 0) is 12.1 Å². The largest absolute Gasteiger partial charge is 0.488 e. The van der Waals surface area contributed by atoms with E-state index in [1.54, 1.807) is 12.1 Å². The Labute approximate surface area is 130 Å². The molecule has 0 bridgehead atoms. The van der Waals surface area contributed by atoms with Crippen molar-refractivity contribution in [1.29, 1.82) is 0 Å². The number of sulfonamides is 1. The lowest BCUT2D eigenvalue weighted by atomic mass is 10.3. The average Bonchev–Trinajstić information content (AvgIpc) is 2.46. The second-order valence-electron chi connectivity index (χ2n) is 5.36. The minimum atomic E-state index is -3.15. The van der Waals surface area contributed by atoms with Crippen LogP contribution in [0.2, 0.25) is 0 Å². The van der Waals surface area contributed by atoms with E-state index in [9.17, 15) is 17.9 Å². The highest BCUT2D eigenvalue weighted by molar-refractivity contribution is 7.88. The molecule has 0 aromatic heterocycles. The molecule has 1 aromatic rings. The van der Waals surface area contributed by atoms with Crippen molar-refractivity contribution in [2.45, 2.75) is 6.10 Å². The highest BCUT2D eigenvalue weighted by atomic mass is 32.2. The molecular weight excluding hydrogens is 311 g/mol. The van der Waals surface area contributed by atoms with Crippen LogP contribution in [0.15, 0.2) is 24.3 Å². The molecule has 1 aliphatic heterocycles. The summed E-state index contributed by atoms with van der Waals surface area (Å²) in [6.45, 7) is 2.31. The Morgan fingerprint density at radius 1 is 1.27 bits per heavy atom. The van der Waals surface area contributed by atoms with Crippen molar-refractivity contribution in [3.05, 3.63) is 30.1 Å². The first-order valence-electron chi connectivity index (χ1n) is 7.09. The van der Waals surface area contributed by atoms with E-state index in [-0.39, 0.29) is 12.4 Å². The molecule has 0 amide bonds. The second kappa shape index (κ2) is 7.36. The molecule has 2 rings (SSSR count). The van der Waals surface area contributed by atoms with Crippen LogP contribution in [0.4, 0.5) is 4.39 Å². The first-order valence-corrected chi connectivity index (χ1v) is 8.94. The van der Waals surface area contributed by atoms with Gasteiger partial charge in [0, 0.05) is 32.7 Å². The van der Waals surface area contributed by atoms with E-state index < -0.39 is 21.9 Å². The summed E-state index contributed by atoms with van der Waals surface area (Å²) < 4.78 is 42.9. The van der Waals surface area contributed by atoms with Gasteiger partial charge in [-0.3, -0.25) is 4.90 Å². The fourth-order valence-corrected chi connectivity index (χ4v) is 3.17. The number of aliphatic hydroxyl groups excluding tert-OH is 1. The molecule has 1 atom stereocenters. The summed E-state index contributed by atoms with van der Waals surface area (Å²) in [5, 5.41) is 9.96. The number of β-amino-alcohol motifs (C(OH)–C–C–N with tert-alkyl or cyclic N) is 1. The number of rotatable bonds is 6. The van der Waals surface area contributed by atoms with Crippen LogP contribution in [-0.4, -0.2) is 74.4 Å². The molecule has 0 saturated carbocycles. The smallest absolute Gasteiger partial charge is 0.211 e. The first kappa shape index (κ1) is 17.1. The van der Waals surface area contributed by atoms with Gasteiger partial charge in [0.2, 0.25) is 10.0 Å². The Balaban J connectivity index is 1.74. The van der Waals surface area contributed by atoms with Crippen LogP contribution in [0, 0.1) is 5.82 Å². The molecule has 1 aliphatic rings. The van der Waals surface area contributed by atoms with Gasteiger partial charge in [0.15, 0.2) is 11.6 Å². The molecule has 1 saturated heterocycles. The van der Waals surface area contributed by atoms with E-state index in [2.05, 4.69) is 0 Å². The number of piperazine rings is 1. The van der Waals surface area contributed by atoms with Crippen LogP contribution in [0.1, 0.15) is 0 Å². The van der Waals surface area contributed by atoms with Gasteiger partial charge in [0.05, 0.1) is 6.26 Å². The molecule has 8 heteroatoms. The van der Waals surface area contributed by atoms with Crippen LogP contribution in [-0.2, 0) is 10.0 Å². The van der Waals surface area contributed by atoms with E-state index in [4.69, 9.17) is 4.74 Å². The summed E-state index contributed by atoms with van der Waals surface area (Å²) >= 11 is 0. The van der Waals surface area contributed by atoms with Crippen LogP contribution in [0.3, 0.4) is 0 Å². The predicted octanol–water partition coefficient (Wildman–Crippen LogP) is 0.143. The Bertz CT molecular complexity index is 588. The maximum absolute atomic E-state index is 13.4. The van der Waals surface area contributed by atoms with Crippen LogP contribution in [0.25, 0.3) is 0 Å². The molecule has 1 aromatic carbocycles. The lowest BCUT2D eigenvalue weighted by molar-refractivity contribution is 0.0558. The number of hydrogen-bond acceptors (Lipinski definition) is 5. The minimum Gasteiger partial charge on any atom is -0.488 e. The highest BCUT2D eigenvalue weighted by Gasteiger charge is 2.24. The molecular formula is C14H21FN2O4S. The third-order valence-corrected chi connectivity index (χ3v) is 4.84. The van der Waals surface area contributed by atoms with Crippen LogP contribution in [0.5, 0.6) is 5.75 Å². The summed E-state index contributed by atoms with van der Waals surface area (Å²) in [6.07, 6.45) is 0.434. The van der Waals surface area contributed by atoms with E-state index in [1.807, 2.05) is 4.90 Å². The van der Waals surface area contributed by atoms with Crippen molar-refractivity contribution in [2.75, 3.05) is 45.6 Å². The monoisotopic (exact) mass is 332 g/mol. The van der Waals surface area contributed by atoms with E-state index in [0.29, 0.717) is 32.7 Å². The van der Waals surface area contributed by atoms with Crippen molar-refractivity contribution < 1.29 is 22.7 Å². The number of nitrogens with zero attached hydrogens (tertiary/aromatic N) is 2. The number of ether oxygens (including phenoxy) is 1. The lowest BCUT2D eigenvalue weighted by Crippen LogP contribution is -2.50. The van der Waals surface area contributed by atoms with Crippen LogP contribution >= 0.6 is 0 Å². The van der Waals surface area contributed by atoms with Gasteiger partial charge in [-0.25, -0.2) is 12.8 Å². The highest BCUT2D eigenvalue weighted by Crippen LogP contribution is 2.15. The minimum absolute atomic E-state index is 0.00672. The third kappa shape index (κ3) is 4.91. The topological polar surface area (TPSA) is 70.1 Å². The van der Waals surface area contributed by atoms with E-state index in [0.717, 1.165) is 0 Å². The molecule has 6 nitrogen and oxygen atoms in total. The molecule has 1 N–H and O–H groups in total. The number of hydrogen-bond donors (Lipinski definition) is 1. The Hall–Kier alpha value is -1.22. The van der Waals surface area contributed by atoms with Crippen molar-refractivity contribution in [3.8, 4) is 5.75 Å². The third-order valence-electron chi connectivity index (χ3n) is 3.54. The Kier molecular flexibility index (Phi) is 5.74. The van der Waals surface area contributed by atoms with E-state index >= 15 is 0 Å². The quantitative estimate of drug-likeness (QED) is 0.803. The SMILES string of the molecule is CS(=O)(=O)N1CCN(CC(O)COc2ccccc2F)CC1. The molecule has 1 unspecified atom stereocenters. The van der Waals surface area contributed by atoms with Crippen molar-refractivity contribution in [3.63, 3.8) is 0 Å². The van der Waals surface area contributed by atoms with Crippen molar-refractivity contribution in [2.24, 2.45) is 0 Å². The van der Waals surface area contributed by atoms with Gasteiger partial charge in [0.1, 0.15) is 12.7 Å². The molecule has 0 radical (unpaired) electrons. The van der Waals surface area contributed by atoms with Gasteiger partial charge >= 0.3 is 0 Å².